The lowest BCUT2D eigenvalue weighted by atomic mass is 10.1. The molecule has 5 heteroatoms. The van der Waals surface area contributed by atoms with Crippen LogP contribution in [0.5, 0.6) is 0 Å². The number of likely N-dealkylation sites (N-methyl/N-ethyl adjacent to an activating group) is 1. The molecule has 1 aliphatic rings. The fourth-order valence-corrected chi connectivity index (χ4v) is 3.49. The van der Waals surface area contributed by atoms with Crippen molar-refractivity contribution in [1.82, 2.24) is 9.80 Å². The van der Waals surface area contributed by atoms with Gasteiger partial charge in [0.2, 0.25) is 5.91 Å². The monoisotopic (exact) mass is 369 g/mol. The Balaban J connectivity index is 1.49. The van der Waals surface area contributed by atoms with Gasteiger partial charge in [-0.15, -0.1) is 0 Å². The van der Waals surface area contributed by atoms with E-state index in [1.807, 2.05) is 24.1 Å². The first kappa shape index (κ1) is 19.4. The van der Waals surface area contributed by atoms with Crippen LogP contribution >= 0.6 is 0 Å². The molecule has 3 rings (SSSR count). The number of piperazine rings is 1. The predicted octanol–water partition coefficient (Wildman–Crippen LogP) is 3.22. The van der Waals surface area contributed by atoms with Gasteiger partial charge in [0, 0.05) is 45.5 Å². The molecule has 1 saturated heterocycles. The number of benzene rings is 2. The van der Waals surface area contributed by atoms with Gasteiger partial charge in [-0.25, -0.2) is 4.39 Å². The van der Waals surface area contributed by atoms with Crippen molar-refractivity contribution in [2.75, 3.05) is 44.7 Å². The first-order chi connectivity index (χ1) is 12.9. The minimum absolute atomic E-state index is 0.144. The summed E-state index contributed by atoms with van der Waals surface area (Å²) < 4.78 is 13.1. The number of hydrogen-bond acceptors (Lipinski definition) is 3. The number of aryl methyl sites for hydroxylation is 2. The normalized spacial score (nSPS) is 15.0. The quantitative estimate of drug-likeness (QED) is 0.810. The molecule has 0 unspecified atom stereocenters. The molecule has 1 heterocycles. The summed E-state index contributed by atoms with van der Waals surface area (Å²) in [4.78, 5) is 18.9. The summed E-state index contributed by atoms with van der Waals surface area (Å²) in [5.41, 5.74) is 4.69. The molecule has 0 radical (unpaired) electrons. The molecule has 4 nitrogen and oxygen atoms in total. The highest BCUT2D eigenvalue weighted by atomic mass is 19.1. The minimum Gasteiger partial charge on any atom is -0.369 e. The first-order valence-corrected chi connectivity index (χ1v) is 9.45. The molecule has 1 aliphatic heterocycles. The number of amides is 1. The van der Waals surface area contributed by atoms with Crippen molar-refractivity contribution >= 4 is 11.6 Å². The summed E-state index contributed by atoms with van der Waals surface area (Å²) in [5, 5.41) is 0. The summed E-state index contributed by atoms with van der Waals surface area (Å²) in [6, 6.07) is 13.0. The maximum absolute atomic E-state index is 13.1. The summed E-state index contributed by atoms with van der Waals surface area (Å²) >= 11 is 0. The molecule has 0 aromatic heterocycles. The number of hydrogen-bond donors (Lipinski definition) is 0. The molecule has 27 heavy (non-hydrogen) atoms. The topological polar surface area (TPSA) is 26.8 Å². The van der Waals surface area contributed by atoms with Crippen LogP contribution in [0, 0.1) is 19.7 Å². The third kappa shape index (κ3) is 5.07. The van der Waals surface area contributed by atoms with E-state index in [4.69, 9.17) is 0 Å². The van der Waals surface area contributed by atoms with Crippen molar-refractivity contribution in [3.8, 4) is 0 Å². The standard InChI is InChI=1S/C22H28FN3O/c1-17-4-5-19(18(2)14-17)15-24(3)22(27)16-25-10-12-26(13-11-25)21-8-6-20(23)7-9-21/h4-9,14H,10-13,15-16H2,1-3H3. The highest BCUT2D eigenvalue weighted by Crippen LogP contribution is 2.17. The number of halogens is 1. The second kappa shape index (κ2) is 8.53. The zero-order valence-electron chi connectivity index (χ0n) is 16.4. The Hall–Kier alpha value is -2.40. The maximum Gasteiger partial charge on any atom is 0.236 e. The SMILES string of the molecule is Cc1ccc(CN(C)C(=O)CN2CCN(c3ccc(F)cc3)CC2)c(C)c1. The molecule has 144 valence electrons. The number of carbonyl (C=O) groups excluding carboxylic acids is 1. The minimum atomic E-state index is -0.213. The van der Waals surface area contributed by atoms with Crippen LogP contribution in [0.25, 0.3) is 0 Å². The lowest BCUT2D eigenvalue weighted by Gasteiger charge is -2.36. The second-order valence-electron chi connectivity index (χ2n) is 7.42. The van der Waals surface area contributed by atoms with Gasteiger partial charge in [0.05, 0.1) is 6.54 Å². The van der Waals surface area contributed by atoms with E-state index >= 15 is 0 Å². The van der Waals surface area contributed by atoms with Crippen molar-refractivity contribution < 1.29 is 9.18 Å². The molecule has 0 aliphatic carbocycles. The van der Waals surface area contributed by atoms with Crippen LogP contribution in [-0.2, 0) is 11.3 Å². The zero-order valence-corrected chi connectivity index (χ0v) is 16.4. The predicted molar refractivity (Wildman–Crippen MR) is 107 cm³/mol. The Kier molecular flexibility index (Phi) is 6.11. The van der Waals surface area contributed by atoms with E-state index in [-0.39, 0.29) is 11.7 Å². The van der Waals surface area contributed by atoms with Gasteiger partial charge in [-0.1, -0.05) is 23.8 Å². The van der Waals surface area contributed by atoms with E-state index in [0.717, 1.165) is 31.9 Å². The van der Waals surface area contributed by atoms with Crippen molar-refractivity contribution in [3.63, 3.8) is 0 Å². The maximum atomic E-state index is 13.1. The Labute approximate surface area is 161 Å². The van der Waals surface area contributed by atoms with Crippen molar-refractivity contribution in [2.24, 2.45) is 0 Å². The molecule has 0 saturated carbocycles. The van der Waals surface area contributed by atoms with Gasteiger partial charge in [0.25, 0.3) is 0 Å². The summed E-state index contributed by atoms with van der Waals surface area (Å²) in [5.74, 6) is -0.0694. The average Bonchev–Trinajstić information content (AvgIpc) is 2.65. The Bertz CT molecular complexity index is 783. The summed E-state index contributed by atoms with van der Waals surface area (Å²) in [6.07, 6.45) is 0. The molecular formula is C22H28FN3O. The van der Waals surface area contributed by atoms with Gasteiger partial charge in [-0.05, 0) is 49.2 Å². The Morgan fingerprint density at radius 1 is 1.04 bits per heavy atom. The number of nitrogens with zero attached hydrogens (tertiary/aromatic N) is 3. The zero-order chi connectivity index (χ0) is 19.4. The van der Waals surface area contributed by atoms with Gasteiger partial charge in [-0.3, -0.25) is 9.69 Å². The summed E-state index contributed by atoms with van der Waals surface area (Å²) in [7, 11) is 1.87. The van der Waals surface area contributed by atoms with Crippen LogP contribution in [0.4, 0.5) is 10.1 Å². The Morgan fingerprint density at radius 3 is 2.33 bits per heavy atom. The average molecular weight is 369 g/mol. The molecule has 0 bridgehead atoms. The second-order valence-corrected chi connectivity index (χ2v) is 7.42. The van der Waals surface area contributed by atoms with Gasteiger partial charge >= 0.3 is 0 Å². The molecule has 2 aromatic rings. The van der Waals surface area contributed by atoms with Gasteiger partial charge in [0.1, 0.15) is 5.82 Å². The van der Waals surface area contributed by atoms with Gasteiger partial charge < -0.3 is 9.80 Å². The molecule has 0 N–H and O–H groups in total. The molecule has 0 spiro atoms. The third-order valence-corrected chi connectivity index (χ3v) is 5.25. The van der Waals surface area contributed by atoms with E-state index in [2.05, 4.69) is 41.8 Å². The van der Waals surface area contributed by atoms with E-state index in [9.17, 15) is 9.18 Å². The fraction of sp³-hybridized carbons (Fsp3) is 0.409. The van der Waals surface area contributed by atoms with Gasteiger partial charge in [-0.2, -0.15) is 0 Å². The lowest BCUT2D eigenvalue weighted by molar-refractivity contribution is -0.131. The molecule has 1 fully saturated rings. The van der Waals surface area contributed by atoms with E-state index in [1.54, 1.807) is 0 Å². The first-order valence-electron chi connectivity index (χ1n) is 9.45. The van der Waals surface area contributed by atoms with Crippen molar-refractivity contribution in [2.45, 2.75) is 20.4 Å². The lowest BCUT2D eigenvalue weighted by Crippen LogP contribution is -2.49. The van der Waals surface area contributed by atoms with Crippen molar-refractivity contribution in [3.05, 3.63) is 65.0 Å². The molecule has 1 amide bonds. The fourth-order valence-electron chi connectivity index (χ4n) is 3.49. The van der Waals surface area contributed by atoms with E-state index in [0.29, 0.717) is 13.1 Å². The largest absolute Gasteiger partial charge is 0.369 e. The van der Waals surface area contributed by atoms with Crippen LogP contribution in [0.2, 0.25) is 0 Å². The van der Waals surface area contributed by atoms with Crippen LogP contribution in [0.1, 0.15) is 16.7 Å². The van der Waals surface area contributed by atoms with Crippen LogP contribution in [0.15, 0.2) is 42.5 Å². The van der Waals surface area contributed by atoms with E-state index in [1.165, 1.54) is 28.8 Å². The van der Waals surface area contributed by atoms with Gasteiger partial charge in [0.15, 0.2) is 0 Å². The summed E-state index contributed by atoms with van der Waals surface area (Å²) in [6.45, 7) is 8.62. The van der Waals surface area contributed by atoms with Crippen LogP contribution < -0.4 is 4.90 Å². The van der Waals surface area contributed by atoms with Crippen LogP contribution in [-0.4, -0.2) is 55.5 Å². The highest BCUT2D eigenvalue weighted by Gasteiger charge is 2.21. The van der Waals surface area contributed by atoms with Crippen molar-refractivity contribution in [1.29, 1.82) is 0 Å². The third-order valence-electron chi connectivity index (χ3n) is 5.25. The van der Waals surface area contributed by atoms with Crippen LogP contribution in [0.3, 0.4) is 0 Å². The molecular weight excluding hydrogens is 341 g/mol. The van der Waals surface area contributed by atoms with E-state index < -0.39 is 0 Å². The smallest absolute Gasteiger partial charge is 0.236 e. The number of rotatable bonds is 5. The number of anilines is 1. The number of carbonyl (C=O) groups is 1. The molecule has 2 aromatic carbocycles. The molecule has 0 atom stereocenters. The highest BCUT2D eigenvalue weighted by molar-refractivity contribution is 5.78. The Morgan fingerprint density at radius 2 is 1.70 bits per heavy atom.